The predicted octanol–water partition coefficient (Wildman–Crippen LogP) is 0.869. The van der Waals surface area contributed by atoms with Crippen molar-refractivity contribution in [1.29, 1.82) is 0 Å². The summed E-state index contributed by atoms with van der Waals surface area (Å²) in [6.07, 6.45) is 0.923. The number of carboxylic acids is 1. The molecule has 1 aliphatic rings. The summed E-state index contributed by atoms with van der Waals surface area (Å²) in [5.74, 6) is -1.38. The van der Waals surface area contributed by atoms with Crippen molar-refractivity contribution in [3.63, 3.8) is 0 Å². The Bertz CT molecular complexity index is 553. The normalized spacial score (nSPS) is 18.4. The van der Waals surface area contributed by atoms with Gasteiger partial charge in [0.25, 0.3) is 0 Å². The number of benzene rings is 1. The molecule has 2 amide bonds. The summed E-state index contributed by atoms with van der Waals surface area (Å²) in [7, 11) is 1.74. The van der Waals surface area contributed by atoms with Gasteiger partial charge in [-0.25, -0.2) is 4.79 Å². The number of likely N-dealkylation sites (tertiary alicyclic amines) is 1. The predicted molar refractivity (Wildman–Crippen MR) is 75.6 cm³/mol. The minimum Gasteiger partial charge on any atom is -0.478 e. The second-order valence-corrected chi connectivity index (χ2v) is 5.22. The highest BCUT2D eigenvalue weighted by atomic mass is 16.4. The maximum absolute atomic E-state index is 12.0. The van der Waals surface area contributed by atoms with Gasteiger partial charge in [0.15, 0.2) is 0 Å². The molecular formula is C15H18N2O4. The maximum Gasteiger partial charge on any atom is 0.335 e. The van der Waals surface area contributed by atoms with Gasteiger partial charge in [-0.05, 0) is 24.1 Å². The van der Waals surface area contributed by atoms with Crippen molar-refractivity contribution in [3.8, 4) is 0 Å². The lowest BCUT2D eigenvalue weighted by molar-refractivity contribution is -0.139. The van der Waals surface area contributed by atoms with Crippen LogP contribution >= 0.6 is 0 Å². The van der Waals surface area contributed by atoms with Crippen LogP contribution in [-0.4, -0.2) is 41.4 Å². The molecule has 1 aliphatic heterocycles. The van der Waals surface area contributed by atoms with Crippen LogP contribution in [0.4, 0.5) is 0 Å². The van der Waals surface area contributed by atoms with Gasteiger partial charge >= 0.3 is 5.97 Å². The lowest BCUT2D eigenvalue weighted by atomic mass is 9.95. The van der Waals surface area contributed by atoms with E-state index in [9.17, 15) is 14.4 Å². The summed E-state index contributed by atoms with van der Waals surface area (Å²) in [4.78, 5) is 36.0. The van der Waals surface area contributed by atoms with Gasteiger partial charge in [-0.1, -0.05) is 12.1 Å². The molecule has 1 atom stereocenters. The molecule has 0 saturated carbocycles. The Labute approximate surface area is 122 Å². The Morgan fingerprint density at radius 1 is 1.33 bits per heavy atom. The molecule has 1 fully saturated rings. The Balaban J connectivity index is 1.86. The van der Waals surface area contributed by atoms with Gasteiger partial charge in [0.1, 0.15) is 0 Å². The molecule has 0 radical (unpaired) electrons. The standard InChI is InChI=1S/C15H18N2O4/c1-17-7-6-12(8-13(17)18)14(19)16-9-10-2-4-11(5-3-10)15(20)21/h2-5,12H,6-9H2,1H3,(H,16,19)(H,20,21)/t12-/m1/s1. The highest BCUT2D eigenvalue weighted by Gasteiger charge is 2.28. The van der Waals surface area contributed by atoms with Crippen molar-refractivity contribution in [2.45, 2.75) is 19.4 Å². The molecular weight excluding hydrogens is 272 g/mol. The van der Waals surface area contributed by atoms with Gasteiger partial charge in [-0.3, -0.25) is 9.59 Å². The van der Waals surface area contributed by atoms with Crippen LogP contribution in [0.3, 0.4) is 0 Å². The Kier molecular flexibility index (Phi) is 4.57. The van der Waals surface area contributed by atoms with Gasteiger partial charge in [0, 0.05) is 32.5 Å². The third kappa shape index (κ3) is 3.81. The second kappa shape index (κ2) is 6.39. The fourth-order valence-electron chi connectivity index (χ4n) is 2.27. The number of rotatable bonds is 4. The third-order valence-corrected chi connectivity index (χ3v) is 3.70. The number of nitrogens with zero attached hydrogens (tertiary/aromatic N) is 1. The zero-order valence-corrected chi connectivity index (χ0v) is 11.8. The molecule has 1 aromatic rings. The highest BCUT2D eigenvalue weighted by Crippen LogP contribution is 2.17. The number of carboxylic acid groups (broad SMARTS) is 1. The van der Waals surface area contributed by atoms with Crippen molar-refractivity contribution in [1.82, 2.24) is 10.2 Å². The number of piperidine rings is 1. The van der Waals surface area contributed by atoms with Crippen molar-refractivity contribution in [2.75, 3.05) is 13.6 Å². The first-order chi connectivity index (χ1) is 9.97. The summed E-state index contributed by atoms with van der Waals surface area (Å²) in [6.45, 7) is 0.934. The first kappa shape index (κ1) is 15.0. The van der Waals surface area contributed by atoms with Crippen LogP contribution in [0.15, 0.2) is 24.3 Å². The summed E-state index contributed by atoms with van der Waals surface area (Å²) < 4.78 is 0. The zero-order chi connectivity index (χ0) is 15.4. The van der Waals surface area contributed by atoms with E-state index < -0.39 is 5.97 Å². The minimum absolute atomic E-state index is 0.00721. The molecule has 6 heteroatoms. The molecule has 1 aromatic carbocycles. The quantitative estimate of drug-likeness (QED) is 0.861. The van der Waals surface area contributed by atoms with E-state index in [2.05, 4.69) is 5.32 Å². The van der Waals surface area contributed by atoms with Crippen molar-refractivity contribution >= 4 is 17.8 Å². The smallest absolute Gasteiger partial charge is 0.335 e. The molecule has 0 aromatic heterocycles. The van der Waals surface area contributed by atoms with Crippen LogP contribution in [-0.2, 0) is 16.1 Å². The second-order valence-electron chi connectivity index (χ2n) is 5.22. The highest BCUT2D eigenvalue weighted by molar-refractivity contribution is 5.88. The van der Waals surface area contributed by atoms with Crippen LogP contribution < -0.4 is 5.32 Å². The molecule has 2 rings (SSSR count). The first-order valence-electron chi connectivity index (χ1n) is 6.81. The molecule has 1 saturated heterocycles. The van der Waals surface area contributed by atoms with E-state index in [-0.39, 0.29) is 29.7 Å². The molecule has 21 heavy (non-hydrogen) atoms. The number of carbonyl (C=O) groups is 3. The topological polar surface area (TPSA) is 86.7 Å². The van der Waals surface area contributed by atoms with Crippen LogP contribution in [0.1, 0.15) is 28.8 Å². The van der Waals surface area contributed by atoms with Crippen molar-refractivity contribution < 1.29 is 19.5 Å². The Hall–Kier alpha value is -2.37. The van der Waals surface area contributed by atoms with E-state index in [1.165, 1.54) is 12.1 Å². The average molecular weight is 290 g/mol. The average Bonchev–Trinajstić information content (AvgIpc) is 2.48. The van der Waals surface area contributed by atoms with Gasteiger partial charge in [-0.2, -0.15) is 0 Å². The van der Waals surface area contributed by atoms with Crippen molar-refractivity contribution in [2.24, 2.45) is 5.92 Å². The summed E-state index contributed by atoms with van der Waals surface area (Å²) in [5, 5.41) is 11.6. The molecule has 6 nitrogen and oxygen atoms in total. The minimum atomic E-state index is -0.976. The SMILES string of the molecule is CN1CC[C@@H](C(=O)NCc2ccc(C(=O)O)cc2)CC1=O. The molecule has 0 bridgehead atoms. The van der Waals surface area contributed by atoms with Gasteiger partial charge < -0.3 is 15.3 Å². The molecule has 0 unspecified atom stereocenters. The number of hydrogen-bond acceptors (Lipinski definition) is 3. The number of amides is 2. The van der Waals surface area contributed by atoms with E-state index in [1.807, 2.05) is 0 Å². The molecule has 0 spiro atoms. The summed E-state index contributed by atoms with van der Waals surface area (Å²) >= 11 is 0. The fraction of sp³-hybridized carbons (Fsp3) is 0.400. The van der Waals surface area contributed by atoms with E-state index >= 15 is 0 Å². The molecule has 2 N–H and O–H groups in total. The number of nitrogens with one attached hydrogen (secondary N) is 1. The molecule has 112 valence electrons. The molecule has 1 heterocycles. The van der Waals surface area contributed by atoms with E-state index in [0.717, 1.165) is 5.56 Å². The zero-order valence-electron chi connectivity index (χ0n) is 11.8. The largest absolute Gasteiger partial charge is 0.478 e. The maximum atomic E-state index is 12.0. The lowest BCUT2D eigenvalue weighted by Gasteiger charge is -2.27. The van der Waals surface area contributed by atoms with Gasteiger partial charge in [0.2, 0.25) is 11.8 Å². The fourth-order valence-corrected chi connectivity index (χ4v) is 2.27. The third-order valence-electron chi connectivity index (χ3n) is 3.70. The van der Waals surface area contributed by atoms with E-state index in [1.54, 1.807) is 24.1 Å². The van der Waals surface area contributed by atoms with Crippen LogP contribution in [0.5, 0.6) is 0 Å². The van der Waals surface area contributed by atoms with Crippen LogP contribution in [0.25, 0.3) is 0 Å². The lowest BCUT2D eigenvalue weighted by Crippen LogP contribution is -2.41. The summed E-state index contributed by atoms with van der Waals surface area (Å²) in [5.41, 5.74) is 1.04. The summed E-state index contributed by atoms with van der Waals surface area (Å²) in [6, 6.07) is 6.35. The van der Waals surface area contributed by atoms with Gasteiger partial charge in [0.05, 0.1) is 5.56 Å². The van der Waals surface area contributed by atoms with E-state index in [4.69, 9.17) is 5.11 Å². The first-order valence-corrected chi connectivity index (χ1v) is 6.81. The number of carbonyl (C=O) groups excluding carboxylic acids is 2. The Morgan fingerprint density at radius 3 is 2.57 bits per heavy atom. The van der Waals surface area contributed by atoms with Crippen LogP contribution in [0.2, 0.25) is 0 Å². The van der Waals surface area contributed by atoms with Crippen LogP contribution in [0, 0.1) is 5.92 Å². The Morgan fingerprint density at radius 2 is 2.00 bits per heavy atom. The number of aromatic carboxylic acids is 1. The number of hydrogen-bond donors (Lipinski definition) is 2. The monoisotopic (exact) mass is 290 g/mol. The molecule has 0 aliphatic carbocycles. The van der Waals surface area contributed by atoms with E-state index in [0.29, 0.717) is 19.5 Å². The van der Waals surface area contributed by atoms with Crippen molar-refractivity contribution in [3.05, 3.63) is 35.4 Å². The van der Waals surface area contributed by atoms with Gasteiger partial charge in [-0.15, -0.1) is 0 Å².